The summed E-state index contributed by atoms with van der Waals surface area (Å²) in [7, 11) is 1.61. The number of hydrogen-bond donors (Lipinski definition) is 1. The molecule has 1 atom stereocenters. The first-order valence-corrected chi connectivity index (χ1v) is 4.91. The van der Waals surface area contributed by atoms with Gasteiger partial charge in [-0.1, -0.05) is 12.1 Å². The third-order valence-electron chi connectivity index (χ3n) is 2.13. The first kappa shape index (κ1) is 11.6. The number of rotatable bonds is 5. The molecule has 0 saturated carbocycles. The van der Waals surface area contributed by atoms with Crippen molar-refractivity contribution in [2.45, 2.75) is 13.0 Å². The molecular weight excluding hydrogens is 190 g/mol. The molecule has 0 saturated heterocycles. The van der Waals surface area contributed by atoms with Gasteiger partial charge in [0, 0.05) is 6.04 Å². The summed E-state index contributed by atoms with van der Waals surface area (Å²) in [6, 6.07) is 5.48. The molecule has 0 fully saturated rings. The van der Waals surface area contributed by atoms with Crippen LogP contribution in [0.25, 0.3) is 0 Å². The fourth-order valence-corrected chi connectivity index (χ4v) is 1.30. The number of methoxy groups -OCH3 is 1. The number of ether oxygens (including phenoxy) is 2. The van der Waals surface area contributed by atoms with E-state index in [0.29, 0.717) is 12.4 Å². The summed E-state index contributed by atoms with van der Waals surface area (Å²) in [5.74, 6) is 1.44. The van der Waals surface area contributed by atoms with Crippen LogP contribution >= 0.6 is 0 Å². The van der Waals surface area contributed by atoms with Gasteiger partial charge in [-0.3, -0.25) is 0 Å². The van der Waals surface area contributed by atoms with Crippen molar-refractivity contribution in [1.82, 2.24) is 0 Å². The molecule has 1 aromatic carbocycles. The van der Waals surface area contributed by atoms with Crippen molar-refractivity contribution in [3.8, 4) is 11.5 Å². The summed E-state index contributed by atoms with van der Waals surface area (Å²) in [5, 5.41) is 0. The molecule has 0 radical (unpaired) electrons. The van der Waals surface area contributed by atoms with E-state index in [1.165, 1.54) is 0 Å². The third kappa shape index (κ3) is 2.73. The predicted molar refractivity (Wildman–Crippen MR) is 61.3 cm³/mol. The minimum Gasteiger partial charge on any atom is -0.493 e. The topological polar surface area (TPSA) is 44.5 Å². The maximum Gasteiger partial charge on any atom is 0.161 e. The highest BCUT2D eigenvalue weighted by Crippen LogP contribution is 2.29. The maximum absolute atomic E-state index is 5.83. The molecule has 1 aromatic rings. The highest BCUT2D eigenvalue weighted by Gasteiger charge is 2.08. The molecule has 2 N–H and O–H groups in total. The van der Waals surface area contributed by atoms with Gasteiger partial charge in [-0.25, -0.2) is 0 Å². The van der Waals surface area contributed by atoms with Gasteiger partial charge >= 0.3 is 0 Å². The molecule has 82 valence electrons. The smallest absolute Gasteiger partial charge is 0.161 e. The van der Waals surface area contributed by atoms with Crippen LogP contribution in [0.2, 0.25) is 0 Å². The molecule has 0 aliphatic heterocycles. The van der Waals surface area contributed by atoms with Crippen molar-refractivity contribution in [2.24, 2.45) is 5.73 Å². The Morgan fingerprint density at radius 1 is 1.47 bits per heavy atom. The average molecular weight is 207 g/mol. The summed E-state index contributed by atoms with van der Waals surface area (Å²) >= 11 is 0. The molecule has 0 aliphatic carbocycles. The molecule has 0 bridgehead atoms. The molecule has 0 aromatic heterocycles. The lowest BCUT2D eigenvalue weighted by Crippen LogP contribution is -2.07. The van der Waals surface area contributed by atoms with E-state index in [1.54, 1.807) is 13.2 Å². The van der Waals surface area contributed by atoms with Gasteiger partial charge in [-0.05, 0) is 24.6 Å². The van der Waals surface area contributed by atoms with Crippen LogP contribution in [0.1, 0.15) is 18.5 Å². The lowest BCUT2D eigenvalue weighted by Gasteiger charge is -2.12. The molecule has 1 rings (SSSR count). The van der Waals surface area contributed by atoms with Crippen molar-refractivity contribution in [2.75, 3.05) is 13.7 Å². The summed E-state index contributed by atoms with van der Waals surface area (Å²) < 4.78 is 10.6. The van der Waals surface area contributed by atoms with Crippen LogP contribution in [0.4, 0.5) is 0 Å². The normalized spacial score (nSPS) is 11.9. The first-order chi connectivity index (χ1) is 7.22. The highest BCUT2D eigenvalue weighted by atomic mass is 16.5. The Kier molecular flexibility index (Phi) is 4.18. The predicted octanol–water partition coefficient (Wildman–Crippen LogP) is 2.28. The molecule has 15 heavy (non-hydrogen) atoms. The van der Waals surface area contributed by atoms with Crippen molar-refractivity contribution in [1.29, 1.82) is 0 Å². The van der Waals surface area contributed by atoms with Crippen molar-refractivity contribution in [3.63, 3.8) is 0 Å². The van der Waals surface area contributed by atoms with Gasteiger partial charge in [0.2, 0.25) is 0 Å². The van der Waals surface area contributed by atoms with E-state index in [2.05, 4.69) is 6.58 Å². The van der Waals surface area contributed by atoms with Crippen LogP contribution < -0.4 is 15.2 Å². The van der Waals surface area contributed by atoms with Crippen LogP contribution in [0.15, 0.2) is 30.9 Å². The Bertz CT molecular complexity index is 336. The van der Waals surface area contributed by atoms with Crippen molar-refractivity contribution >= 4 is 0 Å². The summed E-state index contributed by atoms with van der Waals surface area (Å²) in [6.45, 7) is 6.20. The summed E-state index contributed by atoms with van der Waals surface area (Å²) in [6.07, 6.45) is 1.69. The second-order valence-corrected chi connectivity index (χ2v) is 3.10. The Balaban J connectivity index is 3.01. The lowest BCUT2D eigenvalue weighted by molar-refractivity contribution is 0.310. The Hall–Kier alpha value is -1.48. The van der Waals surface area contributed by atoms with E-state index >= 15 is 0 Å². The van der Waals surface area contributed by atoms with Gasteiger partial charge < -0.3 is 15.2 Å². The second-order valence-electron chi connectivity index (χ2n) is 3.10. The van der Waals surface area contributed by atoms with Crippen molar-refractivity contribution in [3.05, 3.63) is 36.4 Å². The number of nitrogens with two attached hydrogens (primary N) is 1. The first-order valence-electron chi connectivity index (χ1n) is 4.91. The average Bonchev–Trinajstić information content (AvgIpc) is 2.29. The zero-order chi connectivity index (χ0) is 11.3. The Labute approximate surface area is 90.5 Å². The quantitative estimate of drug-likeness (QED) is 0.753. The van der Waals surface area contributed by atoms with Gasteiger partial charge in [0.15, 0.2) is 11.5 Å². The lowest BCUT2D eigenvalue weighted by atomic mass is 10.1. The zero-order valence-corrected chi connectivity index (χ0v) is 9.19. The van der Waals surface area contributed by atoms with Crippen LogP contribution in [-0.2, 0) is 0 Å². The summed E-state index contributed by atoms with van der Waals surface area (Å²) in [5.41, 5.74) is 6.79. The zero-order valence-electron chi connectivity index (χ0n) is 9.19. The molecule has 0 aliphatic rings. The van der Waals surface area contributed by atoms with E-state index in [4.69, 9.17) is 15.2 Å². The standard InChI is InChI=1S/C12H17NO2/c1-4-10(13)9-6-7-11(15-5-2)12(8-9)14-3/h4,6-8,10H,1,5,13H2,2-3H3/t10-/m1/s1. The summed E-state index contributed by atoms with van der Waals surface area (Å²) in [4.78, 5) is 0. The van der Waals surface area contributed by atoms with Gasteiger partial charge in [0.05, 0.1) is 13.7 Å². The van der Waals surface area contributed by atoms with E-state index in [1.807, 2.05) is 25.1 Å². The fourth-order valence-electron chi connectivity index (χ4n) is 1.30. The minimum absolute atomic E-state index is 0.172. The molecule has 3 heteroatoms. The van der Waals surface area contributed by atoms with Gasteiger partial charge in [-0.15, -0.1) is 6.58 Å². The highest BCUT2D eigenvalue weighted by molar-refractivity contribution is 5.44. The maximum atomic E-state index is 5.83. The number of hydrogen-bond acceptors (Lipinski definition) is 3. The van der Waals surface area contributed by atoms with E-state index < -0.39 is 0 Å². The third-order valence-corrected chi connectivity index (χ3v) is 2.13. The second kappa shape index (κ2) is 5.41. The van der Waals surface area contributed by atoms with Crippen LogP contribution in [0.3, 0.4) is 0 Å². The monoisotopic (exact) mass is 207 g/mol. The largest absolute Gasteiger partial charge is 0.493 e. The van der Waals surface area contributed by atoms with Crippen LogP contribution in [0.5, 0.6) is 11.5 Å². The minimum atomic E-state index is -0.172. The SMILES string of the molecule is C=C[C@@H](N)c1ccc(OCC)c(OC)c1. The van der Waals surface area contributed by atoms with Crippen LogP contribution in [0, 0.1) is 0 Å². The van der Waals surface area contributed by atoms with E-state index in [-0.39, 0.29) is 6.04 Å². The molecule has 3 nitrogen and oxygen atoms in total. The Morgan fingerprint density at radius 3 is 2.73 bits per heavy atom. The molecule has 0 heterocycles. The van der Waals surface area contributed by atoms with E-state index in [0.717, 1.165) is 11.3 Å². The van der Waals surface area contributed by atoms with Crippen molar-refractivity contribution < 1.29 is 9.47 Å². The number of benzene rings is 1. The molecule has 0 spiro atoms. The van der Waals surface area contributed by atoms with Gasteiger partial charge in [0.1, 0.15) is 0 Å². The molecule has 0 unspecified atom stereocenters. The molecule has 0 amide bonds. The molecular formula is C12H17NO2. The van der Waals surface area contributed by atoms with Gasteiger partial charge in [-0.2, -0.15) is 0 Å². The Morgan fingerprint density at radius 2 is 2.20 bits per heavy atom. The van der Waals surface area contributed by atoms with Crippen LogP contribution in [-0.4, -0.2) is 13.7 Å². The van der Waals surface area contributed by atoms with E-state index in [9.17, 15) is 0 Å². The fraction of sp³-hybridized carbons (Fsp3) is 0.333. The van der Waals surface area contributed by atoms with Gasteiger partial charge in [0.25, 0.3) is 0 Å².